The highest BCUT2D eigenvalue weighted by Gasteiger charge is 2.31. The molecule has 0 N–H and O–H groups in total. The molecule has 0 fully saturated rings. The van der Waals surface area contributed by atoms with Gasteiger partial charge in [0.15, 0.2) is 23.1 Å². The van der Waals surface area contributed by atoms with E-state index in [-0.39, 0.29) is 79.0 Å². The fourth-order valence-electron chi connectivity index (χ4n) is 8.04. The van der Waals surface area contributed by atoms with E-state index < -0.39 is 35.0 Å². The van der Waals surface area contributed by atoms with Crippen LogP contribution < -0.4 is 19.3 Å². The van der Waals surface area contributed by atoms with Crippen molar-refractivity contribution in [2.75, 3.05) is 38.1 Å². The number of azo groups is 2. The molecule has 0 atom stereocenters. The second-order valence-electron chi connectivity index (χ2n) is 15.2. The van der Waals surface area contributed by atoms with E-state index in [9.17, 15) is 28.0 Å². The molecule has 0 spiro atoms. The molecule has 14 heteroatoms. The summed E-state index contributed by atoms with van der Waals surface area (Å²) in [6.45, 7) is 0. The maximum atomic E-state index is 14.7. The van der Waals surface area contributed by atoms with Crippen LogP contribution in [0.3, 0.4) is 0 Å². The number of carbonyl (C=O) groups excluding carboxylic acids is 4. The van der Waals surface area contributed by atoms with Crippen molar-refractivity contribution >= 4 is 79.1 Å². The van der Waals surface area contributed by atoms with E-state index in [4.69, 9.17) is 9.47 Å². The highest BCUT2D eigenvalue weighted by molar-refractivity contribution is 6.29. The third-order valence-electron chi connectivity index (χ3n) is 11.4. The van der Waals surface area contributed by atoms with Crippen LogP contribution in [-0.4, -0.2) is 51.7 Å². The predicted octanol–water partition coefficient (Wildman–Crippen LogP) is 12.4. The summed E-state index contributed by atoms with van der Waals surface area (Å²) in [4.78, 5) is 58.2. The number of benzene rings is 8. The second kappa shape index (κ2) is 17.4. The quantitative estimate of drug-likeness (QED) is 0.125. The van der Waals surface area contributed by atoms with Crippen molar-refractivity contribution in [1.82, 2.24) is 0 Å². The molecule has 324 valence electrons. The topological polar surface area (TPSA) is 143 Å². The zero-order chi connectivity index (χ0) is 46.2. The smallest absolute Gasteiger partial charge is 0.261 e. The molecule has 0 saturated heterocycles. The van der Waals surface area contributed by atoms with Crippen LogP contribution in [-0.2, 0) is 0 Å². The summed E-state index contributed by atoms with van der Waals surface area (Å²) in [5.41, 5.74) is 1.87. The first-order valence-corrected chi connectivity index (χ1v) is 20.4. The lowest BCUT2D eigenvalue weighted by Crippen LogP contribution is -2.27. The van der Waals surface area contributed by atoms with Gasteiger partial charge in [0.2, 0.25) is 0 Å². The Morgan fingerprint density at radius 2 is 0.848 bits per heavy atom. The van der Waals surface area contributed by atoms with E-state index in [1.165, 1.54) is 98.8 Å². The molecule has 0 radical (unpaired) electrons. The summed E-state index contributed by atoms with van der Waals surface area (Å²) in [7, 11) is 5.72. The standard InChI is InChI=1S/C52H36F2N6O6/c1-59(43-19-11-9-17-41(43)53)51(63)39-25-29-13-5-7-15-33(29)45(49(39)65-3)57-55-31-21-23-35-37(27-31)47(61)36-24-22-32(28-38(36)48(35)62)56-58-46-34-16-8-6-14-30(34)26-40(50(46)66-4)52(64)60(2)44-20-12-10-18-42(44)54/h5-28H,1-4H3. The van der Waals surface area contributed by atoms with Crippen LogP contribution in [0.25, 0.3) is 21.5 Å². The number of anilines is 2. The van der Waals surface area contributed by atoms with Crippen molar-refractivity contribution in [2.45, 2.75) is 0 Å². The van der Waals surface area contributed by atoms with Crippen molar-refractivity contribution in [2.24, 2.45) is 20.5 Å². The lowest BCUT2D eigenvalue weighted by molar-refractivity contribution is 0.0979. The number of ether oxygens (including phenoxy) is 2. The number of nitrogens with zero attached hydrogens (tertiary/aromatic N) is 6. The minimum absolute atomic E-state index is 0.0781. The van der Waals surface area contributed by atoms with Crippen LogP contribution in [0.2, 0.25) is 0 Å². The van der Waals surface area contributed by atoms with Crippen molar-refractivity contribution in [3.8, 4) is 11.5 Å². The lowest BCUT2D eigenvalue weighted by atomic mass is 9.83. The zero-order valence-electron chi connectivity index (χ0n) is 35.7. The third kappa shape index (κ3) is 7.49. The summed E-state index contributed by atoms with van der Waals surface area (Å²) in [6.07, 6.45) is 0. The number of rotatable bonds is 10. The first-order valence-electron chi connectivity index (χ1n) is 20.4. The van der Waals surface area contributed by atoms with Crippen LogP contribution in [0.4, 0.5) is 42.9 Å². The van der Waals surface area contributed by atoms with Gasteiger partial charge in [-0.3, -0.25) is 19.2 Å². The van der Waals surface area contributed by atoms with Gasteiger partial charge < -0.3 is 19.3 Å². The fraction of sp³-hybridized carbons (Fsp3) is 0.0769. The van der Waals surface area contributed by atoms with E-state index in [0.29, 0.717) is 21.5 Å². The molecular formula is C52H36F2N6O6. The highest BCUT2D eigenvalue weighted by Crippen LogP contribution is 2.43. The van der Waals surface area contributed by atoms with Crippen molar-refractivity contribution in [3.63, 3.8) is 0 Å². The summed E-state index contributed by atoms with van der Waals surface area (Å²) in [5.74, 6) is -2.86. The van der Waals surface area contributed by atoms with E-state index in [1.807, 2.05) is 0 Å². The molecule has 8 aromatic carbocycles. The number of halogens is 2. The van der Waals surface area contributed by atoms with Crippen LogP contribution in [0.1, 0.15) is 52.6 Å². The zero-order valence-corrected chi connectivity index (χ0v) is 35.7. The number of carbonyl (C=O) groups is 4. The maximum absolute atomic E-state index is 14.7. The van der Waals surface area contributed by atoms with Crippen molar-refractivity contribution in [3.05, 3.63) is 191 Å². The summed E-state index contributed by atoms with van der Waals surface area (Å²) < 4.78 is 41.0. The fourth-order valence-corrected chi connectivity index (χ4v) is 8.04. The normalized spacial score (nSPS) is 12.2. The van der Waals surface area contributed by atoms with E-state index >= 15 is 0 Å². The average molecular weight is 879 g/mol. The van der Waals surface area contributed by atoms with Crippen LogP contribution in [0, 0.1) is 11.6 Å². The summed E-state index contributed by atoms with van der Waals surface area (Å²) in [5, 5.41) is 20.5. The Hall–Kier alpha value is -8.78. The lowest BCUT2D eigenvalue weighted by Gasteiger charge is -2.21. The maximum Gasteiger partial charge on any atom is 0.261 e. The number of fused-ring (bicyclic) bond motifs is 4. The number of hydrogen-bond donors (Lipinski definition) is 0. The minimum Gasteiger partial charge on any atom is -0.494 e. The van der Waals surface area contributed by atoms with Crippen LogP contribution >= 0.6 is 0 Å². The van der Waals surface area contributed by atoms with Gasteiger partial charge in [0.05, 0.1) is 48.1 Å². The van der Waals surface area contributed by atoms with Gasteiger partial charge in [-0.1, -0.05) is 72.8 Å². The van der Waals surface area contributed by atoms with E-state index in [0.717, 1.165) is 0 Å². The molecule has 0 heterocycles. The van der Waals surface area contributed by atoms with Crippen LogP contribution in [0.15, 0.2) is 166 Å². The number of methoxy groups -OCH3 is 2. The molecule has 1 aliphatic rings. The number of hydrogen-bond acceptors (Lipinski definition) is 10. The molecule has 8 aromatic rings. The van der Waals surface area contributed by atoms with E-state index in [1.54, 1.807) is 84.9 Å². The number of para-hydroxylation sites is 2. The number of ketones is 2. The molecule has 66 heavy (non-hydrogen) atoms. The minimum atomic E-state index is -0.571. The second-order valence-corrected chi connectivity index (χ2v) is 15.2. The Morgan fingerprint density at radius 1 is 0.470 bits per heavy atom. The van der Waals surface area contributed by atoms with Gasteiger partial charge in [0, 0.05) is 47.1 Å². The molecule has 1 aliphatic carbocycles. The van der Waals surface area contributed by atoms with Crippen molar-refractivity contribution in [1.29, 1.82) is 0 Å². The van der Waals surface area contributed by atoms with Crippen LogP contribution in [0.5, 0.6) is 11.5 Å². The molecular weight excluding hydrogens is 843 g/mol. The Bertz CT molecular complexity index is 3180. The molecule has 0 aromatic heterocycles. The average Bonchev–Trinajstić information content (AvgIpc) is 3.35. The SMILES string of the molecule is COc1c(C(=O)N(C)c2ccccc2F)cc2ccccc2c1N=Nc1ccc2c(c1)C(=O)c1ccc(N=Nc3c(OC)c(C(=O)N(C)c4ccccc4F)cc4ccccc34)cc1C2=O. The van der Waals surface area contributed by atoms with Gasteiger partial charge in [0.25, 0.3) is 11.8 Å². The van der Waals surface area contributed by atoms with Crippen molar-refractivity contribution < 1.29 is 37.4 Å². The van der Waals surface area contributed by atoms with E-state index in [2.05, 4.69) is 20.5 Å². The van der Waals surface area contributed by atoms with Gasteiger partial charge in [-0.05, 0) is 83.6 Å². The molecule has 0 bridgehead atoms. The Balaban J connectivity index is 1.03. The molecule has 12 nitrogen and oxygen atoms in total. The first-order chi connectivity index (χ1) is 32.0. The molecule has 0 aliphatic heterocycles. The predicted molar refractivity (Wildman–Crippen MR) is 247 cm³/mol. The first kappa shape index (κ1) is 42.5. The summed E-state index contributed by atoms with van der Waals surface area (Å²) >= 11 is 0. The molecule has 9 rings (SSSR count). The third-order valence-corrected chi connectivity index (χ3v) is 11.4. The molecule has 0 unspecified atom stereocenters. The molecule has 2 amide bonds. The van der Waals surface area contributed by atoms with Gasteiger partial charge >= 0.3 is 0 Å². The van der Waals surface area contributed by atoms with Gasteiger partial charge in [-0.15, -0.1) is 10.2 Å². The molecule has 0 saturated carbocycles. The Morgan fingerprint density at radius 3 is 1.24 bits per heavy atom. The van der Waals surface area contributed by atoms with Gasteiger partial charge in [-0.25, -0.2) is 8.78 Å². The van der Waals surface area contributed by atoms with Gasteiger partial charge in [-0.2, -0.15) is 10.2 Å². The summed E-state index contributed by atoms with van der Waals surface area (Å²) in [6, 6.07) is 38.6. The Labute approximate surface area is 376 Å². The Kier molecular flexibility index (Phi) is 11.2. The van der Waals surface area contributed by atoms with Gasteiger partial charge in [0.1, 0.15) is 23.0 Å². The monoisotopic (exact) mass is 878 g/mol. The highest BCUT2D eigenvalue weighted by atomic mass is 19.1. The largest absolute Gasteiger partial charge is 0.494 e. The number of amides is 2.